The molecule has 1 unspecified atom stereocenters. The molecule has 0 fully saturated rings. The lowest BCUT2D eigenvalue weighted by Gasteiger charge is -2.24. The van der Waals surface area contributed by atoms with Crippen LogP contribution in [0.3, 0.4) is 0 Å². The van der Waals surface area contributed by atoms with Gasteiger partial charge in [0, 0.05) is 16.7 Å². The van der Waals surface area contributed by atoms with Crippen molar-refractivity contribution in [1.29, 1.82) is 0 Å². The molecular formula is C29H22O2. The topological polar surface area (TPSA) is 26.3 Å². The summed E-state index contributed by atoms with van der Waals surface area (Å²) < 4.78 is 6.17. The lowest BCUT2D eigenvalue weighted by atomic mass is 9.88. The second kappa shape index (κ2) is 7.73. The molecule has 0 aromatic heterocycles. The number of ether oxygens (including phenoxy) is 1. The molecule has 5 aromatic rings. The molecule has 0 amide bonds. The number of carbonyl (C=O) groups excluding carboxylic acids is 1. The molecule has 31 heavy (non-hydrogen) atoms. The van der Waals surface area contributed by atoms with Crippen molar-refractivity contribution >= 4 is 38.3 Å². The molecule has 0 saturated heterocycles. The number of benzene rings is 5. The predicted octanol–water partition coefficient (Wildman–Crippen LogP) is 7.35. The average Bonchev–Trinajstić information content (AvgIpc) is 2.80. The normalized spacial score (nSPS) is 12.2. The zero-order valence-corrected chi connectivity index (χ0v) is 17.3. The van der Waals surface area contributed by atoms with Crippen LogP contribution in [0.2, 0.25) is 0 Å². The van der Waals surface area contributed by atoms with Gasteiger partial charge >= 0.3 is 5.97 Å². The van der Waals surface area contributed by atoms with E-state index in [1.54, 1.807) is 6.92 Å². The van der Waals surface area contributed by atoms with Crippen molar-refractivity contribution in [3.05, 3.63) is 120 Å². The summed E-state index contributed by atoms with van der Waals surface area (Å²) in [5.41, 5.74) is 2.35. The van der Waals surface area contributed by atoms with Gasteiger partial charge in [0.1, 0.15) is 0 Å². The van der Waals surface area contributed by atoms with Crippen LogP contribution in [0.5, 0.6) is 0 Å². The van der Waals surface area contributed by atoms with Crippen LogP contribution in [0.25, 0.3) is 32.3 Å². The molecular weight excluding hydrogens is 380 g/mol. The highest BCUT2D eigenvalue weighted by Crippen LogP contribution is 2.40. The van der Waals surface area contributed by atoms with Gasteiger partial charge in [-0.25, -0.2) is 4.79 Å². The van der Waals surface area contributed by atoms with E-state index in [4.69, 9.17) is 4.74 Å². The second-order valence-corrected chi connectivity index (χ2v) is 7.87. The SMILES string of the molecule is C=C(C)C(=O)OC(c1cccc2ccccc12)c1c2ccccc2cc2ccccc12. The molecule has 0 aliphatic heterocycles. The van der Waals surface area contributed by atoms with Crippen LogP contribution in [-0.2, 0) is 9.53 Å². The quantitative estimate of drug-likeness (QED) is 0.178. The van der Waals surface area contributed by atoms with Gasteiger partial charge in [-0.05, 0) is 45.3 Å². The van der Waals surface area contributed by atoms with E-state index < -0.39 is 12.1 Å². The van der Waals surface area contributed by atoms with E-state index in [0.29, 0.717) is 5.57 Å². The van der Waals surface area contributed by atoms with Crippen molar-refractivity contribution in [3.8, 4) is 0 Å². The van der Waals surface area contributed by atoms with Crippen LogP contribution in [0.4, 0.5) is 0 Å². The van der Waals surface area contributed by atoms with E-state index in [1.165, 1.54) is 0 Å². The smallest absolute Gasteiger partial charge is 0.334 e. The summed E-state index contributed by atoms with van der Waals surface area (Å²) in [4.78, 5) is 12.8. The van der Waals surface area contributed by atoms with E-state index in [9.17, 15) is 4.79 Å². The van der Waals surface area contributed by atoms with Gasteiger partial charge in [0.2, 0.25) is 0 Å². The zero-order chi connectivity index (χ0) is 21.4. The highest BCUT2D eigenvalue weighted by Gasteiger charge is 2.25. The summed E-state index contributed by atoms with van der Waals surface area (Å²) in [6, 6.07) is 33.1. The minimum atomic E-state index is -0.564. The molecule has 0 aliphatic rings. The fourth-order valence-corrected chi connectivity index (χ4v) is 4.30. The summed E-state index contributed by atoms with van der Waals surface area (Å²) in [5.74, 6) is -0.394. The first-order valence-electron chi connectivity index (χ1n) is 10.4. The lowest BCUT2D eigenvalue weighted by molar-refractivity contribution is -0.142. The predicted molar refractivity (Wildman–Crippen MR) is 128 cm³/mol. The molecule has 2 nitrogen and oxygen atoms in total. The van der Waals surface area contributed by atoms with Gasteiger partial charge in [-0.3, -0.25) is 0 Å². The Labute approximate surface area is 181 Å². The fourth-order valence-electron chi connectivity index (χ4n) is 4.30. The maximum atomic E-state index is 12.8. The largest absolute Gasteiger partial charge is 0.449 e. The molecule has 0 bridgehead atoms. The van der Waals surface area contributed by atoms with Crippen molar-refractivity contribution in [2.75, 3.05) is 0 Å². The Bertz CT molecular complexity index is 1400. The number of esters is 1. The highest BCUT2D eigenvalue weighted by molar-refractivity contribution is 6.04. The van der Waals surface area contributed by atoms with Gasteiger partial charge in [-0.15, -0.1) is 0 Å². The molecule has 1 atom stereocenters. The molecule has 2 heteroatoms. The maximum absolute atomic E-state index is 12.8. The van der Waals surface area contributed by atoms with Crippen molar-refractivity contribution < 1.29 is 9.53 Å². The minimum Gasteiger partial charge on any atom is -0.449 e. The summed E-state index contributed by atoms with van der Waals surface area (Å²) in [6.07, 6.45) is -0.564. The van der Waals surface area contributed by atoms with Crippen LogP contribution < -0.4 is 0 Å². The molecule has 150 valence electrons. The van der Waals surface area contributed by atoms with Gasteiger partial charge in [0.15, 0.2) is 6.10 Å². The second-order valence-electron chi connectivity index (χ2n) is 7.87. The van der Waals surface area contributed by atoms with Crippen LogP contribution in [0.15, 0.2) is 109 Å². The minimum absolute atomic E-state index is 0.384. The van der Waals surface area contributed by atoms with Crippen LogP contribution in [-0.4, -0.2) is 5.97 Å². The van der Waals surface area contributed by atoms with E-state index >= 15 is 0 Å². The van der Waals surface area contributed by atoms with Gasteiger partial charge < -0.3 is 4.74 Å². The molecule has 0 heterocycles. The Balaban J connectivity index is 1.88. The average molecular weight is 402 g/mol. The maximum Gasteiger partial charge on any atom is 0.334 e. The Hall–Kier alpha value is -3.91. The Morgan fingerprint density at radius 3 is 1.84 bits per heavy atom. The summed E-state index contributed by atoms with van der Waals surface area (Å²) >= 11 is 0. The summed E-state index contributed by atoms with van der Waals surface area (Å²) in [5, 5.41) is 6.57. The number of fused-ring (bicyclic) bond motifs is 3. The fraction of sp³-hybridized carbons (Fsp3) is 0.0690. The van der Waals surface area contributed by atoms with E-state index in [2.05, 4.69) is 61.2 Å². The Morgan fingerprint density at radius 2 is 1.23 bits per heavy atom. The monoisotopic (exact) mass is 402 g/mol. The third-order valence-corrected chi connectivity index (χ3v) is 5.75. The van der Waals surface area contributed by atoms with Crippen molar-refractivity contribution in [1.82, 2.24) is 0 Å². The first kappa shape index (κ1) is 19.1. The highest BCUT2D eigenvalue weighted by atomic mass is 16.5. The van der Waals surface area contributed by atoms with E-state index in [-0.39, 0.29) is 0 Å². The van der Waals surface area contributed by atoms with Gasteiger partial charge in [0.05, 0.1) is 0 Å². The molecule has 0 radical (unpaired) electrons. The molecule has 5 rings (SSSR count). The van der Waals surface area contributed by atoms with E-state index in [1.807, 2.05) is 42.5 Å². The number of carbonyl (C=O) groups is 1. The number of hydrogen-bond donors (Lipinski definition) is 0. The first-order chi connectivity index (χ1) is 15.1. The number of rotatable bonds is 4. The van der Waals surface area contributed by atoms with Crippen molar-refractivity contribution in [2.45, 2.75) is 13.0 Å². The molecule has 0 spiro atoms. The van der Waals surface area contributed by atoms with Gasteiger partial charge in [-0.2, -0.15) is 0 Å². The Kier molecular flexibility index (Phi) is 4.76. The van der Waals surface area contributed by atoms with Crippen LogP contribution >= 0.6 is 0 Å². The van der Waals surface area contributed by atoms with Crippen LogP contribution in [0.1, 0.15) is 24.2 Å². The Morgan fingerprint density at radius 1 is 0.710 bits per heavy atom. The van der Waals surface area contributed by atoms with Gasteiger partial charge in [0.25, 0.3) is 0 Å². The first-order valence-corrected chi connectivity index (χ1v) is 10.4. The third-order valence-electron chi connectivity index (χ3n) is 5.75. The lowest BCUT2D eigenvalue weighted by Crippen LogP contribution is -2.14. The zero-order valence-electron chi connectivity index (χ0n) is 17.3. The van der Waals surface area contributed by atoms with Crippen molar-refractivity contribution in [3.63, 3.8) is 0 Å². The number of hydrogen-bond acceptors (Lipinski definition) is 2. The van der Waals surface area contributed by atoms with Gasteiger partial charge in [-0.1, -0.05) is 97.6 Å². The molecule has 0 aliphatic carbocycles. The van der Waals surface area contributed by atoms with E-state index in [0.717, 1.165) is 43.4 Å². The molecule has 5 aromatic carbocycles. The molecule has 0 saturated carbocycles. The van der Waals surface area contributed by atoms with Crippen molar-refractivity contribution in [2.24, 2.45) is 0 Å². The van der Waals surface area contributed by atoms with Crippen LogP contribution in [0, 0.1) is 0 Å². The molecule has 0 N–H and O–H groups in total. The standard InChI is InChI=1S/C29H22O2/c1-19(2)29(30)31-28(26-17-9-13-20-10-3-6-14-23(20)26)27-24-15-7-4-11-21(24)18-22-12-5-8-16-25(22)27/h3-18,28H,1H2,2H3. The third kappa shape index (κ3) is 3.36. The summed E-state index contributed by atoms with van der Waals surface area (Å²) in [7, 11) is 0. The summed E-state index contributed by atoms with van der Waals surface area (Å²) in [6.45, 7) is 5.49.